The second-order valence-corrected chi connectivity index (χ2v) is 8.55. The first-order valence-corrected chi connectivity index (χ1v) is 8.22. The van der Waals surface area contributed by atoms with Crippen LogP contribution in [0.2, 0.25) is 0 Å². The topological polar surface area (TPSA) is 29.3 Å². The first-order valence-electron chi connectivity index (χ1n) is 8.22. The van der Waals surface area contributed by atoms with Crippen LogP contribution in [0, 0.1) is 17.3 Å². The summed E-state index contributed by atoms with van der Waals surface area (Å²) in [5.41, 5.74) is 6.91. The van der Waals surface area contributed by atoms with Crippen LogP contribution in [0.3, 0.4) is 0 Å². The second-order valence-electron chi connectivity index (χ2n) is 8.55. The van der Waals surface area contributed by atoms with Crippen molar-refractivity contribution in [3.63, 3.8) is 0 Å². The van der Waals surface area contributed by atoms with Gasteiger partial charge in [0.25, 0.3) is 0 Å². The van der Waals surface area contributed by atoms with Crippen LogP contribution in [-0.4, -0.2) is 29.6 Å². The van der Waals surface area contributed by atoms with Crippen molar-refractivity contribution < 1.29 is 0 Å². The van der Waals surface area contributed by atoms with Crippen LogP contribution in [0.15, 0.2) is 0 Å². The fourth-order valence-corrected chi connectivity index (χ4v) is 4.40. The van der Waals surface area contributed by atoms with Crippen molar-refractivity contribution in [3.05, 3.63) is 0 Å². The molecule has 1 saturated heterocycles. The number of hydrogen-bond acceptors (Lipinski definition) is 2. The SMILES string of the molecule is CC(C)(C)C1CCC(CN)C(N2CCCC2(C)C)C1. The predicted octanol–water partition coefficient (Wildman–Crippen LogP) is 3.65. The van der Waals surface area contributed by atoms with E-state index in [0.29, 0.717) is 11.0 Å². The van der Waals surface area contributed by atoms with Crippen molar-refractivity contribution in [1.29, 1.82) is 0 Å². The Hall–Kier alpha value is -0.0800. The molecule has 2 rings (SSSR count). The van der Waals surface area contributed by atoms with Crippen LogP contribution in [0.1, 0.15) is 66.7 Å². The summed E-state index contributed by atoms with van der Waals surface area (Å²) in [7, 11) is 0. The van der Waals surface area contributed by atoms with Gasteiger partial charge in [-0.2, -0.15) is 0 Å². The van der Waals surface area contributed by atoms with Crippen molar-refractivity contribution in [1.82, 2.24) is 4.90 Å². The maximum absolute atomic E-state index is 6.08. The van der Waals surface area contributed by atoms with Crippen LogP contribution >= 0.6 is 0 Å². The fraction of sp³-hybridized carbons (Fsp3) is 1.00. The molecule has 1 aliphatic carbocycles. The van der Waals surface area contributed by atoms with Crippen LogP contribution < -0.4 is 5.73 Å². The monoisotopic (exact) mass is 266 g/mol. The number of hydrogen-bond donors (Lipinski definition) is 1. The molecule has 19 heavy (non-hydrogen) atoms. The standard InChI is InChI=1S/C17H34N2/c1-16(2,3)14-8-7-13(12-18)15(11-14)19-10-6-9-17(19,4)5/h13-15H,6-12,18H2,1-5H3. The van der Waals surface area contributed by atoms with Gasteiger partial charge in [0, 0.05) is 11.6 Å². The Morgan fingerprint density at radius 1 is 1.21 bits per heavy atom. The molecule has 2 nitrogen and oxygen atoms in total. The van der Waals surface area contributed by atoms with E-state index in [9.17, 15) is 0 Å². The lowest BCUT2D eigenvalue weighted by Crippen LogP contribution is -2.53. The average Bonchev–Trinajstić information content (AvgIpc) is 2.66. The van der Waals surface area contributed by atoms with Gasteiger partial charge >= 0.3 is 0 Å². The van der Waals surface area contributed by atoms with E-state index in [1.54, 1.807) is 0 Å². The molecule has 0 amide bonds. The van der Waals surface area contributed by atoms with Crippen LogP contribution in [0.25, 0.3) is 0 Å². The van der Waals surface area contributed by atoms with E-state index in [2.05, 4.69) is 39.5 Å². The van der Waals surface area contributed by atoms with E-state index >= 15 is 0 Å². The van der Waals surface area contributed by atoms with Gasteiger partial charge in [-0.3, -0.25) is 4.90 Å². The average molecular weight is 266 g/mol. The fourth-order valence-electron chi connectivity index (χ4n) is 4.40. The first kappa shape index (κ1) is 15.3. The third-order valence-electron chi connectivity index (χ3n) is 5.85. The summed E-state index contributed by atoms with van der Waals surface area (Å²) < 4.78 is 0. The Morgan fingerprint density at radius 2 is 1.89 bits per heavy atom. The number of likely N-dealkylation sites (tertiary alicyclic amines) is 1. The zero-order chi connectivity index (χ0) is 14.3. The molecule has 3 atom stereocenters. The summed E-state index contributed by atoms with van der Waals surface area (Å²) in [4.78, 5) is 2.79. The maximum Gasteiger partial charge on any atom is 0.0156 e. The molecule has 2 heteroatoms. The molecule has 0 radical (unpaired) electrons. The maximum atomic E-state index is 6.08. The van der Waals surface area contributed by atoms with Gasteiger partial charge in [0.1, 0.15) is 0 Å². The molecular weight excluding hydrogens is 232 g/mol. The Bertz CT molecular complexity index is 303. The summed E-state index contributed by atoms with van der Waals surface area (Å²) in [5, 5.41) is 0. The minimum Gasteiger partial charge on any atom is -0.330 e. The Kier molecular flexibility index (Phi) is 4.32. The van der Waals surface area contributed by atoms with E-state index in [1.807, 2.05) is 0 Å². The summed E-state index contributed by atoms with van der Waals surface area (Å²) in [6, 6.07) is 0.723. The summed E-state index contributed by atoms with van der Waals surface area (Å²) in [6.07, 6.45) is 6.77. The Morgan fingerprint density at radius 3 is 2.37 bits per heavy atom. The highest BCUT2D eigenvalue weighted by atomic mass is 15.2. The van der Waals surface area contributed by atoms with E-state index in [-0.39, 0.29) is 0 Å². The molecule has 0 aromatic rings. The first-order chi connectivity index (χ1) is 8.75. The molecule has 0 aromatic heterocycles. The van der Waals surface area contributed by atoms with Gasteiger partial charge in [-0.1, -0.05) is 20.8 Å². The highest BCUT2D eigenvalue weighted by Gasteiger charge is 2.43. The van der Waals surface area contributed by atoms with E-state index in [4.69, 9.17) is 5.73 Å². The molecular formula is C17H34N2. The molecule has 1 saturated carbocycles. The normalized spacial score (nSPS) is 36.6. The molecule has 2 N–H and O–H groups in total. The minimum atomic E-state index is 0.387. The van der Waals surface area contributed by atoms with E-state index < -0.39 is 0 Å². The highest BCUT2D eigenvalue weighted by Crippen LogP contribution is 2.44. The molecule has 2 aliphatic rings. The zero-order valence-corrected chi connectivity index (χ0v) is 13.7. The van der Waals surface area contributed by atoms with Gasteiger partial charge in [0.05, 0.1) is 0 Å². The van der Waals surface area contributed by atoms with Gasteiger partial charge < -0.3 is 5.73 Å². The van der Waals surface area contributed by atoms with Crippen molar-refractivity contribution in [2.75, 3.05) is 13.1 Å². The highest BCUT2D eigenvalue weighted by molar-refractivity contribution is 4.98. The summed E-state index contributed by atoms with van der Waals surface area (Å²) in [5.74, 6) is 1.58. The van der Waals surface area contributed by atoms with Gasteiger partial charge in [-0.05, 0) is 76.3 Å². The largest absolute Gasteiger partial charge is 0.330 e. The van der Waals surface area contributed by atoms with E-state index in [1.165, 1.54) is 38.6 Å². The molecule has 2 fully saturated rings. The quantitative estimate of drug-likeness (QED) is 0.826. The molecule has 0 bridgehead atoms. The van der Waals surface area contributed by atoms with Crippen molar-refractivity contribution in [2.45, 2.75) is 78.3 Å². The Balaban J connectivity index is 2.14. The third kappa shape index (κ3) is 3.16. The molecule has 1 heterocycles. The summed E-state index contributed by atoms with van der Waals surface area (Å²) in [6.45, 7) is 14.2. The number of nitrogens with two attached hydrogens (primary N) is 1. The molecule has 0 aromatic carbocycles. The summed E-state index contributed by atoms with van der Waals surface area (Å²) >= 11 is 0. The van der Waals surface area contributed by atoms with Gasteiger partial charge in [0.15, 0.2) is 0 Å². The smallest absolute Gasteiger partial charge is 0.0156 e. The third-order valence-corrected chi connectivity index (χ3v) is 5.85. The molecule has 0 spiro atoms. The van der Waals surface area contributed by atoms with E-state index in [0.717, 1.165) is 24.4 Å². The van der Waals surface area contributed by atoms with Gasteiger partial charge in [0.2, 0.25) is 0 Å². The van der Waals surface area contributed by atoms with Gasteiger partial charge in [-0.25, -0.2) is 0 Å². The van der Waals surface area contributed by atoms with Crippen LogP contribution in [0.4, 0.5) is 0 Å². The van der Waals surface area contributed by atoms with Crippen molar-refractivity contribution >= 4 is 0 Å². The van der Waals surface area contributed by atoms with Crippen LogP contribution in [-0.2, 0) is 0 Å². The van der Waals surface area contributed by atoms with Gasteiger partial charge in [-0.15, -0.1) is 0 Å². The lowest BCUT2D eigenvalue weighted by Gasteiger charge is -2.49. The van der Waals surface area contributed by atoms with Crippen molar-refractivity contribution in [2.24, 2.45) is 23.0 Å². The molecule has 1 aliphatic heterocycles. The Labute approximate surface area is 120 Å². The van der Waals surface area contributed by atoms with Crippen LogP contribution in [0.5, 0.6) is 0 Å². The second kappa shape index (κ2) is 5.37. The van der Waals surface area contributed by atoms with Crippen molar-refractivity contribution in [3.8, 4) is 0 Å². The lowest BCUT2D eigenvalue weighted by atomic mass is 9.67. The number of nitrogens with zero attached hydrogens (tertiary/aromatic N) is 1. The lowest BCUT2D eigenvalue weighted by molar-refractivity contribution is 0.0126. The predicted molar refractivity (Wildman–Crippen MR) is 83.1 cm³/mol. The molecule has 112 valence electrons. The molecule has 3 unspecified atom stereocenters. The zero-order valence-electron chi connectivity index (χ0n) is 13.7. The minimum absolute atomic E-state index is 0.387. The number of rotatable bonds is 2.